The Hall–Kier alpha value is -5.09. The number of carbonyl (C=O) groups is 3. The summed E-state index contributed by atoms with van der Waals surface area (Å²) in [6.07, 6.45) is 5.35. The van der Waals surface area contributed by atoms with Crippen LogP contribution in [0.3, 0.4) is 0 Å². The second kappa shape index (κ2) is 15.2. The van der Waals surface area contributed by atoms with Crippen LogP contribution in [0.5, 0.6) is 11.5 Å². The van der Waals surface area contributed by atoms with Crippen molar-refractivity contribution >= 4 is 46.9 Å². The maximum absolute atomic E-state index is 13.4. The molecule has 0 fully saturated rings. The Bertz CT molecular complexity index is 1570. The van der Waals surface area contributed by atoms with E-state index < -0.39 is 17.1 Å². The Balaban J connectivity index is 1.48. The highest BCUT2D eigenvalue weighted by molar-refractivity contribution is 8.00. The number of carbonyl (C=O) groups excluding carboxylic acids is 3. The maximum atomic E-state index is 13.4. The predicted octanol–water partition coefficient (Wildman–Crippen LogP) is 6.02. The van der Waals surface area contributed by atoms with Gasteiger partial charge in [0.1, 0.15) is 17.2 Å². The van der Waals surface area contributed by atoms with Gasteiger partial charge in [-0.1, -0.05) is 37.3 Å². The van der Waals surface area contributed by atoms with Crippen LogP contribution in [0.1, 0.15) is 29.3 Å². The molecule has 3 amide bonds. The Morgan fingerprint density at radius 1 is 0.860 bits per heavy atom. The minimum atomic E-state index is -0.507. The van der Waals surface area contributed by atoms with Gasteiger partial charge >= 0.3 is 0 Å². The fourth-order valence-electron chi connectivity index (χ4n) is 4.00. The molecular weight excluding hydrogens is 564 g/mol. The molecule has 4 aromatic rings. The molecule has 0 saturated heterocycles. The van der Waals surface area contributed by atoms with Crippen molar-refractivity contribution in [1.29, 1.82) is 0 Å². The number of anilines is 2. The molecule has 0 bridgehead atoms. The first kappa shape index (κ1) is 30.9. The van der Waals surface area contributed by atoms with Crippen LogP contribution in [0.2, 0.25) is 0 Å². The lowest BCUT2D eigenvalue weighted by atomic mass is 10.2. The number of amides is 3. The van der Waals surface area contributed by atoms with Gasteiger partial charge < -0.3 is 25.4 Å². The largest absolute Gasteiger partial charge is 0.497 e. The molecular formula is C33H32N4O5S. The highest BCUT2D eigenvalue weighted by Gasteiger charge is 2.20. The van der Waals surface area contributed by atoms with Crippen molar-refractivity contribution in [2.24, 2.45) is 0 Å². The van der Waals surface area contributed by atoms with Crippen LogP contribution in [0.15, 0.2) is 108 Å². The minimum absolute atomic E-state index is 0.0550. The van der Waals surface area contributed by atoms with Crippen molar-refractivity contribution in [2.75, 3.05) is 24.9 Å². The van der Waals surface area contributed by atoms with E-state index in [1.807, 2.05) is 19.1 Å². The van der Waals surface area contributed by atoms with Gasteiger partial charge in [0.15, 0.2) is 0 Å². The molecule has 220 valence electrons. The first-order valence-corrected chi connectivity index (χ1v) is 14.4. The number of nitrogens with zero attached hydrogens (tertiary/aromatic N) is 1. The predicted molar refractivity (Wildman–Crippen MR) is 169 cm³/mol. The molecule has 4 rings (SSSR count). The molecule has 1 unspecified atom stereocenters. The summed E-state index contributed by atoms with van der Waals surface area (Å²) in [5.74, 6) is 0.0293. The summed E-state index contributed by atoms with van der Waals surface area (Å²) in [6.45, 7) is 1.93. The first-order valence-electron chi connectivity index (χ1n) is 13.5. The molecule has 9 nitrogen and oxygen atoms in total. The Morgan fingerprint density at radius 3 is 2.26 bits per heavy atom. The van der Waals surface area contributed by atoms with Gasteiger partial charge in [-0.05, 0) is 54.5 Å². The Morgan fingerprint density at radius 2 is 1.60 bits per heavy atom. The zero-order chi connectivity index (χ0) is 30.6. The van der Waals surface area contributed by atoms with Gasteiger partial charge in [0, 0.05) is 52.4 Å². The number of pyridine rings is 1. The number of rotatable bonds is 12. The average molecular weight is 597 g/mol. The number of nitrogens with one attached hydrogen (secondary N) is 3. The van der Waals surface area contributed by atoms with Gasteiger partial charge in [0.25, 0.3) is 11.8 Å². The van der Waals surface area contributed by atoms with Gasteiger partial charge in [-0.3, -0.25) is 19.4 Å². The van der Waals surface area contributed by atoms with Crippen LogP contribution in [-0.4, -0.2) is 42.2 Å². The van der Waals surface area contributed by atoms with E-state index in [0.717, 1.165) is 4.90 Å². The molecule has 3 N–H and O–H groups in total. The summed E-state index contributed by atoms with van der Waals surface area (Å²) in [7, 11) is 3.09. The Labute approximate surface area is 254 Å². The molecule has 0 saturated carbocycles. The number of aromatic nitrogens is 1. The number of benzene rings is 3. The Kier molecular flexibility index (Phi) is 10.9. The third-order valence-corrected chi connectivity index (χ3v) is 7.53. The number of ether oxygens (including phenoxy) is 2. The molecule has 1 atom stereocenters. The van der Waals surface area contributed by atoms with Crippen molar-refractivity contribution in [3.05, 3.63) is 114 Å². The molecule has 0 aliphatic heterocycles. The monoisotopic (exact) mass is 596 g/mol. The summed E-state index contributed by atoms with van der Waals surface area (Å²) in [5.41, 5.74) is 2.19. The van der Waals surface area contributed by atoms with Gasteiger partial charge in [0.05, 0.1) is 19.5 Å². The smallest absolute Gasteiger partial charge is 0.272 e. The fraction of sp³-hybridized carbons (Fsp3) is 0.152. The first-order chi connectivity index (χ1) is 20.9. The van der Waals surface area contributed by atoms with Gasteiger partial charge in [-0.25, -0.2) is 0 Å². The fourth-order valence-corrected chi connectivity index (χ4v) is 5.02. The molecule has 3 aromatic carbocycles. The van der Waals surface area contributed by atoms with Crippen LogP contribution in [-0.2, 0) is 9.59 Å². The highest BCUT2D eigenvalue weighted by atomic mass is 32.2. The van der Waals surface area contributed by atoms with E-state index in [1.54, 1.807) is 105 Å². The summed E-state index contributed by atoms with van der Waals surface area (Å²) in [6, 6.07) is 24.5. The quantitative estimate of drug-likeness (QED) is 0.135. The number of hydrogen-bond donors (Lipinski definition) is 3. The van der Waals surface area contributed by atoms with Gasteiger partial charge in [-0.15, -0.1) is 11.8 Å². The van der Waals surface area contributed by atoms with Crippen LogP contribution in [0.25, 0.3) is 6.08 Å². The van der Waals surface area contributed by atoms with Gasteiger partial charge in [-0.2, -0.15) is 0 Å². The second-order valence-corrected chi connectivity index (χ2v) is 10.5. The number of thioether (sulfide) groups is 1. The van der Waals surface area contributed by atoms with E-state index >= 15 is 0 Å². The van der Waals surface area contributed by atoms with Crippen molar-refractivity contribution in [1.82, 2.24) is 10.3 Å². The highest BCUT2D eigenvalue weighted by Crippen LogP contribution is 2.30. The van der Waals surface area contributed by atoms with Crippen molar-refractivity contribution in [3.8, 4) is 11.5 Å². The molecule has 10 heteroatoms. The third kappa shape index (κ3) is 8.95. The van der Waals surface area contributed by atoms with E-state index in [1.165, 1.54) is 11.8 Å². The van der Waals surface area contributed by atoms with E-state index in [0.29, 0.717) is 40.4 Å². The topological polar surface area (TPSA) is 119 Å². The van der Waals surface area contributed by atoms with E-state index in [9.17, 15) is 14.4 Å². The van der Waals surface area contributed by atoms with Crippen LogP contribution in [0, 0.1) is 0 Å². The second-order valence-electron chi connectivity index (χ2n) is 9.25. The molecule has 0 radical (unpaired) electrons. The molecule has 0 aliphatic carbocycles. The number of hydrogen-bond acceptors (Lipinski definition) is 7. The van der Waals surface area contributed by atoms with Crippen LogP contribution < -0.4 is 25.4 Å². The minimum Gasteiger partial charge on any atom is -0.497 e. The van der Waals surface area contributed by atoms with Crippen molar-refractivity contribution in [3.63, 3.8) is 0 Å². The molecule has 1 heterocycles. The molecule has 0 spiro atoms. The van der Waals surface area contributed by atoms with E-state index in [-0.39, 0.29) is 11.6 Å². The number of methoxy groups -OCH3 is 2. The lowest BCUT2D eigenvalue weighted by Crippen LogP contribution is -2.30. The van der Waals surface area contributed by atoms with Crippen LogP contribution >= 0.6 is 11.8 Å². The average Bonchev–Trinajstić information content (AvgIpc) is 3.04. The standard InChI is InChI=1S/C33H32N4O5S/c1-4-30(33(40)36-25-17-26(41-2)20-27(18-25)42-3)43-28-14-8-13-24(19-28)35-32(39)29(16-22-10-9-15-34-21-22)37-31(38)23-11-6-5-7-12-23/h5-21,30H,4H2,1-3H3,(H,35,39)(H,36,40)(H,37,38)/b29-16-. The van der Waals surface area contributed by atoms with Crippen LogP contribution in [0.4, 0.5) is 11.4 Å². The molecule has 43 heavy (non-hydrogen) atoms. The normalized spacial score (nSPS) is 11.7. The SMILES string of the molecule is CCC(Sc1cccc(NC(=O)/C(=C/c2cccnc2)NC(=O)c2ccccc2)c1)C(=O)Nc1cc(OC)cc(OC)c1. The van der Waals surface area contributed by atoms with Crippen molar-refractivity contribution < 1.29 is 23.9 Å². The lowest BCUT2D eigenvalue weighted by molar-refractivity contribution is -0.116. The van der Waals surface area contributed by atoms with E-state index in [2.05, 4.69) is 20.9 Å². The van der Waals surface area contributed by atoms with E-state index in [4.69, 9.17) is 9.47 Å². The summed E-state index contributed by atoms with van der Waals surface area (Å²) in [5, 5.41) is 8.11. The lowest BCUT2D eigenvalue weighted by Gasteiger charge is -2.17. The summed E-state index contributed by atoms with van der Waals surface area (Å²) >= 11 is 1.38. The molecule has 1 aromatic heterocycles. The molecule has 0 aliphatic rings. The van der Waals surface area contributed by atoms with Crippen molar-refractivity contribution in [2.45, 2.75) is 23.5 Å². The zero-order valence-corrected chi connectivity index (χ0v) is 24.8. The van der Waals surface area contributed by atoms with Gasteiger partial charge in [0.2, 0.25) is 5.91 Å². The third-order valence-electron chi connectivity index (χ3n) is 6.18. The summed E-state index contributed by atoms with van der Waals surface area (Å²) < 4.78 is 10.6. The summed E-state index contributed by atoms with van der Waals surface area (Å²) in [4.78, 5) is 44.3. The maximum Gasteiger partial charge on any atom is 0.272 e. The zero-order valence-electron chi connectivity index (χ0n) is 24.0.